The second-order valence-electron chi connectivity index (χ2n) is 6.69. The Bertz CT molecular complexity index is 879. The zero-order valence-electron chi connectivity index (χ0n) is 15.0. The van der Waals surface area contributed by atoms with Crippen molar-refractivity contribution in [1.82, 2.24) is 20.1 Å². The lowest BCUT2D eigenvalue weighted by Crippen LogP contribution is -2.31. The Balaban J connectivity index is 1.56. The van der Waals surface area contributed by atoms with Crippen LogP contribution in [0, 0.1) is 19.8 Å². The van der Waals surface area contributed by atoms with Crippen molar-refractivity contribution < 1.29 is 4.79 Å². The highest BCUT2D eigenvalue weighted by atomic mass is 16.1. The summed E-state index contributed by atoms with van der Waals surface area (Å²) in [5, 5.41) is 8.57. The fourth-order valence-corrected chi connectivity index (χ4v) is 3.05. The van der Waals surface area contributed by atoms with Gasteiger partial charge >= 0.3 is 0 Å². The molecular weight excluding hydrogens is 312 g/mol. The molecule has 1 amide bonds. The van der Waals surface area contributed by atoms with Crippen LogP contribution in [0.5, 0.6) is 0 Å². The molecule has 1 aromatic carbocycles. The summed E-state index contributed by atoms with van der Waals surface area (Å²) in [6.45, 7) is 7.61. The van der Waals surface area contributed by atoms with Crippen molar-refractivity contribution in [3.05, 3.63) is 59.5 Å². The fourth-order valence-electron chi connectivity index (χ4n) is 3.05. The minimum Gasteiger partial charge on any atom is -0.355 e. The number of nitrogens with one attached hydrogen (secondary N) is 1. The lowest BCUT2D eigenvalue weighted by Gasteiger charge is -2.14. The summed E-state index contributed by atoms with van der Waals surface area (Å²) >= 11 is 0. The number of fused-ring (bicyclic) bond motifs is 1. The van der Waals surface area contributed by atoms with Gasteiger partial charge in [-0.1, -0.05) is 31.2 Å². The summed E-state index contributed by atoms with van der Waals surface area (Å²) in [6, 6.07) is 11.9. The van der Waals surface area contributed by atoms with Gasteiger partial charge in [-0.15, -0.1) is 0 Å². The third-order valence-electron chi connectivity index (χ3n) is 4.30. The number of aryl methyl sites for hydroxylation is 2. The van der Waals surface area contributed by atoms with Gasteiger partial charge in [0.05, 0.1) is 17.6 Å². The third kappa shape index (κ3) is 4.24. The molecule has 2 aromatic heterocycles. The average molecular weight is 336 g/mol. The normalized spacial score (nSPS) is 12.3. The van der Waals surface area contributed by atoms with Crippen molar-refractivity contribution in [2.45, 2.75) is 33.7 Å². The zero-order valence-corrected chi connectivity index (χ0v) is 15.0. The monoisotopic (exact) mass is 336 g/mol. The highest BCUT2D eigenvalue weighted by Gasteiger charge is 2.11. The molecule has 2 heterocycles. The maximum absolute atomic E-state index is 12.3. The minimum atomic E-state index is 0.0263. The molecule has 1 atom stereocenters. The molecule has 0 fully saturated rings. The van der Waals surface area contributed by atoms with Gasteiger partial charge in [-0.2, -0.15) is 5.10 Å². The number of carbonyl (C=O) groups excluding carboxylic acids is 1. The Morgan fingerprint density at radius 1 is 1.24 bits per heavy atom. The number of carbonyl (C=O) groups is 1. The molecule has 0 aliphatic rings. The van der Waals surface area contributed by atoms with Gasteiger partial charge in [0.2, 0.25) is 5.91 Å². The Morgan fingerprint density at radius 2 is 2.04 bits per heavy atom. The number of rotatable bonds is 6. The maximum Gasteiger partial charge on any atom is 0.224 e. The topological polar surface area (TPSA) is 59.8 Å². The molecule has 0 saturated heterocycles. The van der Waals surface area contributed by atoms with E-state index in [4.69, 9.17) is 0 Å². The van der Waals surface area contributed by atoms with Crippen LogP contribution in [0.25, 0.3) is 10.9 Å². The van der Waals surface area contributed by atoms with E-state index in [-0.39, 0.29) is 5.91 Å². The second kappa shape index (κ2) is 7.47. The van der Waals surface area contributed by atoms with E-state index < -0.39 is 0 Å². The molecular formula is C20H24N4O. The molecule has 3 rings (SSSR count). The number of hydrogen-bond donors (Lipinski definition) is 1. The summed E-state index contributed by atoms with van der Waals surface area (Å²) in [5.74, 6) is 0.339. The first kappa shape index (κ1) is 17.1. The first-order valence-electron chi connectivity index (χ1n) is 8.63. The number of para-hydroxylation sites is 1. The molecule has 130 valence electrons. The minimum absolute atomic E-state index is 0.0263. The van der Waals surface area contributed by atoms with Gasteiger partial charge in [-0.25, -0.2) is 0 Å². The Kier molecular flexibility index (Phi) is 5.12. The highest BCUT2D eigenvalue weighted by Crippen LogP contribution is 2.16. The fraction of sp³-hybridized carbons (Fsp3) is 0.350. The average Bonchev–Trinajstić information content (AvgIpc) is 2.90. The molecule has 0 aliphatic carbocycles. The van der Waals surface area contributed by atoms with E-state index >= 15 is 0 Å². The molecule has 1 N–H and O–H groups in total. The van der Waals surface area contributed by atoms with E-state index in [0.717, 1.165) is 34.4 Å². The summed E-state index contributed by atoms with van der Waals surface area (Å²) in [7, 11) is 0. The molecule has 5 heteroatoms. The predicted molar refractivity (Wildman–Crippen MR) is 99.3 cm³/mol. The SMILES string of the molecule is Cc1cc(C)n(CC(C)CNC(=O)Cc2cccc3cccnc23)n1. The molecule has 0 bridgehead atoms. The molecule has 0 aliphatic heterocycles. The van der Waals surface area contributed by atoms with Crippen LogP contribution >= 0.6 is 0 Å². The maximum atomic E-state index is 12.3. The number of amides is 1. The standard InChI is InChI=1S/C20H24N4O/c1-14(13-24-16(3)10-15(2)23-24)12-22-19(25)11-18-7-4-6-17-8-5-9-21-20(17)18/h4-10,14H,11-13H2,1-3H3,(H,22,25). The second-order valence-corrected chi connectivity index (χ2v) is 6.69. The molecule has 0 saturated carbocycles. The number of nitrogens with zero attached hydrogens (tertiary/aromatic N) is 3. The Labute approximate surface area is 148 Å². The van der Waals surface area contributed by atoms with Crippen LogP contribution in [0.15, 0.2) is 42.6 Å². The first-order valence-corrected chi connectivity index (χ1v) is 8.63. The zero-order chi connectivity index (χ0) is 17.8. The van der Waals surface area contributed by atoms with Gasteiger partial charge < -0.3 is 5.32 Å². The van der Waals surface area contributed by atoms with Crippen LogP contribution in [0.3, 0.4) is 0 Å². The van der Waals surface area contributed by atoms with Crippen molar-refractivity contribution in [1.29, 1.82) is 0 Å². The van der Waals surface area contributed by atoms with Gasteiger partial charge in [0.1, 0.15) is 0 Å². The molecule has 0 spiro atoms. The highest BCUT2D eigenvalue weighted by molar-refractivity contribution is 5.87. The van der Waals surface area contributed by atoms with Crippen LogP contribution < -0.4 is 5.32 Å². The number of hydrogen-bond acceptors (Lipinski definition) is 3. The van der Waals surface area contributed by atoms with Gasteiger partial charge in [0.25, 0.3) is 0 Å². The summed E-state index contributed by atoms with van der Waals surface area (Å²) in [4.78, 5) is 16.7. The van der Waals surface area contributed by atoms with E-state index in [9.17, 15) is 4.79 Å². The Hall–Kier alpha value is -2.69. The van der Waals surface area contributed by atoms with Gasteiger partial charge in [-0.3, -0.25) is 14.5 Å². The largest absolute Gasteiger partial charge is 0.355 e. The molecule has 0 radical (unpaired) electrons. The lowest BCUT2D eigenvalue weighted by atomic mass is 10.1. The van der Waals surface area contributed by atoms with Gasteiger partial charge in [0, 0.05) is 30.4 Å². The van der Waals surface area contributed by atoms with Gasteiger partial charge in [-0.05, 0) is 37.5 Å². The quantitative estimate of drug-likeness (QED) is 0.753. The van der Waals surface area contributed by atoms with Crippen LogP contribution in [-0.2, 0) is 17.8 Å². The number of aromatic nitrogens is 3. The lowest BCUT2D eigenvalue weighted by molar-refractivity contribution is -0.120. The molecule has 25 heavy (non-hydrogen) atoms. The van der Waals surface area contributed by atoms with E-state index in [1.54, 1.807) is 6.20 Å². The van der Waals surface area contributed by atoms with E-state index in [0.29, 0.717) is 18.9 Å². The number of benzene rings is 1. The van der Waals surface area contributed by atoms with Crippen molar-refractivity contribution >= 4 is 16.8 Å². The molecule has 3 aromatic rings. The summed E-state index contributed by atoms with van der Waals surface area (Å²) in [5.41, 5.74) is 4.03. The number of pyridine rings is 1. The molecule has 1 unspecified atom stereocenters. The smallest absolute Gasteiger partial charge is 0.224 e. The van der Waals surface area contributed by atoms with Crippen molar-refractivity contribution in [2.24, 2.45) is 5.92 Å². The van der Waals surface area contributed by atoms with Crippen LogP contribution in [-0.4, -0.2) is 27.2 Å². The predicted octanol–water partition coefficient (Wildman–Crippen LogP) is 3.04. The first-order chi connectivity index (χ1) is 12.0. The van der Waals surface area contributed by atoms with E-state index in [1.807, 2.05) is 41.9 Å². The van der Waals surface area contributed by atoms with Crippen LogP contribution in [0.2, 0.25) is 0 Å². The van der Waals surface area contributed by atoms with Crippen LogP contribution in [0.4, 0.5) is 0 Å². The Morgan fingerprint density at radius 3 is 2.80 bits per heavy atom. The van der Waals surface area contributed by atoms with Crippen LogP contribution in [0.1, 0.15) is 23.9 Å². The van der Waals surface area contributed by atoms with Crippen molar-refractivity contribution in [3.8, 4) is 0 Å². The summed E-state index contributed by atoms with van der Waals surface area (Å²) in [6.07, 6.45) is 2.11. The van der Waals surface area contributed by atoms with Crippen molar-refractivity contribution in [2.75, 3.05) is 6.54 Å². The van der Waals surface area contributed by atoms with Gasteiger partial charge in [0.15, 0.2) is 0 Å². The third-order valence-corrected chi connectivity index (χ3v) is 4.30. The molecule has 5 nitrogen and oxygen atoms in total. The summed E-state index contributed by atoms with van der Waals surface area (Å²) < 4.78 is 2.00. The van der Waals surface area contributed by atoms with E-state index in [2.05, 4.69) is 35.3 Å². The van der Waals surface area contributed by atoms with Crippen molar-refractivity contribution in [3.63, 3.8) is 0 Å². The van der Waals surface area contributed by atoms with E-state index in [1.165, 1.54) is 0 Å².